The highest BCUT2D eigenvalue weighted by molar-refractivity contribution is 7.13. The summed E-state index contributed by atoms with van der Waals surface area (Å²) in [4.78, 5) is 6.13. The Morgan fingerprint density at radius 1 is 1.00 bits per heavy atom. The lowest BCUT2D eigenvalue weighted by Gasteiger charge is -1.97. The molecule has 2 aromatic carbocycles. The summed E-state index contributed by atoms with van der Waals surface area (Å²) in [5.74, 6) is 0.177. The van der Waals surface area contributed by atoms with Gasteiger partial charge in [-0.2, -0.15) is 4.80 Å². The Labute approximate surface area is 147 Å². The molecule has 4 aromatic rings. The maximum Gasteiger partial charge on any atom is 0.204 e. The Morgan fingerprint density at radius 2 is 1.72 bits per heavy atom. The number of aryl methyl sites for hydroxylation is 1. The van der Waals surface area contributed by atoms with Crippen LogP contribution in [-0.4, -0.2) is 25.2 Å². The average molecular weight is 351 g/mol. The van der Waals surface area contributed by atoms with Crippen LogP contribution >= 0.6 is 11.3 Å². The minimum Gasteiger partial charge on any atom is -0.239 e. The van der Waals surface area contributed by atoms with Crippen LogP contribution in [0.3, 0.4) is 0 Å². The smallest absolute Gasteiger partial charge is 0.204 e. The van der Waals surface area contributed by atoms with Crippen molar-refractivity contribution in [2.45, 2.75) is 13.5 Å². The number of nitrogens with zero attached hydrogens (tertiary/aromatic N) is 5. The van der Waals surface area contributed by atoms with E-state index in [0.29, 0.717) is 12.4 Å². The minimum absolute atomic E-state index is 0.290. The Morgan fingerprint density at radius 3 is 2.48 bits per heavy atom. The number of hydrogen-bond donors (Lipinski definition) is 0. The van der Waals surface area contributed by atoms with Crippen LogP contribution in [0.2, 0.25) is 0 Å². The van der Waals surface area contributed by atoms with Gasteiger partial charge in [-0.25, -0.2) is 9.37 Å². The number of tetrazole rings is 1. The van der Waals surface area contributed by atoms with E-state index >= 15 is 0 Å². The molecule has 0 saturated carbocycles. The van der Waals surface area contributed by atoms with Gasteiger partial charge in [-0.05, 0) is 36.4 Å². The summed E-state index contributed by atoms with van der Waals surface area (Å²) in [5, 5.41) is 15.4. The molecule has 7 heteroatoms. The molecule has 0 aliphatic heterocycles. The Kier molecular flexibility index (Phi) is 4.07. The largest absolute Gasteiger partial charge is 0.239 e. The van der Waals surface area contributed by atoms with Gasteiger partial charge in [0.1, 0.15) is 17.4 Å². The predicted molar refractivity (Wildman–Crippen MR) is 94.6 cm³/mol. The Balaban J connectivity index is 1.51. The third-order valence-electron chi connectivity index (χ3n) is 3.71. The lowest BCUT2D eigenvalue weighted by molar-refractivity contribution is 0.566. The topological polar surface area (TPSA) is 56.5 Å². The predicted octanol–water partition coefficient (Wildman–Crippen LogP) is 3.96. The third-order valence-corrected chi connectivity index (χ3v) is 4.65. The molecule has 4 rings (SSSR count). The number of thiazole rings is 1. The first-order valence-electron chi connectivity index (χ1n) is 7.72. The van der Waals surface area contributed by atoms with Crippen molar-refractivity contribution in [3.63, 3.8) is 0 Å². The molecule has 0 unspecified atom stereocenters. The SMILES string of the molecule is Cc1ccc(-c2nc(Cn3nnc(-c4ccc(F)cc4)n3)cs2)cc1. The number of benzene rings is 2. The van der Waals surface area contributed by atoms with E-state index in [-0.39, 0.29) is 5.82 Å². The molecule has 2 aromatic heterocycles. The summed E-state index contributed by atoms with van der Waals surface area (Å²) in [6.45, 7) is 2.50. The molecule has 124 valence electrons. The molecule has 0 amide bonds. The monoisotopic (exact) mass is 351 g/mol. The van der Waals surface area contributed by atoms with Gasteiger partial charge in [0.2, 0.25) is 5.82 Å². The molecule has 0 aliphatic rings. The summed E-state index contributed by atoms with van der Waals surface area (Å²) >= 11 is 1.59. The molecule has 25 heavy (non-hydrogen) atoms. The van der Waals surface area contributed by atoms with E-state index in [1.165, 1.54) is 22.5 Å². The van der Waals surface area contributed by atoms with Gasteiger partial charge in [0.05, 0.1) is 5.69 Å². The number of halogens is 1. The van der Waals surface area contributed by atoms with Crippen LogP contribution < -0.4 is 0 Å². The molecule has 2 heterocycles. The van der Waals surface area contributed by atoms with Gasteiger partial charge in [-0.15, -0.1) is 21.5 Å². The van der Waals surface area contributed by atoms with Crippen LogP contribution in [0.1, 0.15) is 11.3 Å². The van der Waals surface area contributed by atoms with Crippen molar-refractivity contribution in [1.82, 2.24) is 25.2 Å². The van der Waals surface area contributed by atoms with Crippen molar-refractivity contribution >= 4 is 11.3 Å². The van der Waals surface area contributed by atoms with Gasteiger partial charge in [0.25, 0.3) is 0 Å². The molecule has 0 saturated heterocycles. The summed E-state index contributed by atoms with van der Waals surface area (Å²) in [6.07, 6.45) is 0. The van der Waals surface area contributed by atoms with Crippen molar-refractivity contribution in [2.24, 2.45) is 0 Å². The number of rotatable bonds is 4. The van der Waals surface area contributed by atoms with Crippen LogP contribution in [0.4, 0.5) is 4.39 Å². The first kappa shape index (κ1) is 15.6. The fraction of sp³-hybridized carbons (Fsp3) is 0.111. The highest BCUT2D eigenvalue weighted by Crippen LogP contribution is 2.24. The number of aromatic nitrogens is 5. The molecule has 0 atom stereocenters. The Hall–Kier alpha value is -2.93. The standard InChI is InChI=1S/C18H14FN5S/c1-12-2-4-14(5-3-12)18-20-16(11-25-18)10-24-22-17(21-23-24)13-6-8-15(19)9-7-13/h2-9,11H,10H2,1H3. The molecule has 0 bridgehead atoms. The molecular weight excluding hydrogens is 337 g/mol. The summed E-state index contributed by atoms with van der Waals surface area (Å²) < 4.78 is 13.0. The normalized spacial score (nSPS) is 11.0. The van der Waals surface area contributed by atoms with Gasteiger partial charge >= 0.3 is 0 Å². The van der Waals surface area contributed by atoms with Crippen molar-refractivity contribution in [1.29, 1.82) is 0 Å². The van der Waals surface area contributed by atoms with E-state index < -0.39 is 0 Å². The van der Waals surface area contributed by atoms with E-state index in [2.05, 4.69) is 51.6 Å². The van der Waals surface area contributed by atoms with Crippen LogP contribution in [0.5, 0.6) is 0 Å². The quantitative estimate of drug-likeness (QED) is 0.558. The van der Waals surface area contributed by atoms with Gasteiger partial charge in [0.15, 0.2) is 0 Å². The van der Waals surface area contributed by atoms with Crippen molar-refractivity contribution in [2.75, 3.05) is 0 Å². The van der Waals surface area contributed by atoms with Gasteiger partial charge in [-0.3, -0.25) is 0 Å². The van der Waals surface area contributed by atoms with E-state index in [9.17, 15) is 4.39 Å². The second-order valence-electron chi connectivity index (χ2n) is 5.66. The average Bonchev–Trinajstić information content (AvgIpc) is 3.27. The van der Waals surface area contributed by atoms with Gasteiger partial charge in [0, 0.05) is 16.5 Å². The van der Waals surface area contributed by atoms with Crippen LogP contribution in [0, 0.1) is 12.7 Å². The summed E-state index contributed by atoms with van der Waals surface area (Å²) in [5.41, 5.74) is 3.93. The molecule has 0 N–H and O–H groups in total. The minimum atomic E-state index is -0.290. The summed E-state index contributed by atoms with van der Waals surface area (Å²) in [7, 11) is 0. The zero-order valence-corrected chi connectivity index (χ0v) is 14.2. The molecule has 0 spiro atoms. The van der Waals surface area contributed by atoms with Crippen LogP contribution in [-0.2, 0) is 6.54 Å². The first-order valence-corrected chi connectivity index (χ1v) is 8.60. The highest BCUT2D eigenvalue weighted by atomic mass is 32.1. The second kappa shape index (κ2) is 6.52. The third kappa shape index (κ3) is 3.46. The molecule has 0 fully saturated rings. The highest BCUT2D eigenvalue weighted by Gasteiger charge is 2.09. The van der Waals surface area contributed by atoms with Gasteiger partial charge < -0.3 is 0 Å². The fourth-order valence-corrected chi connectivity index (χ4v) is 3.19. The van der Waals surface area contributed by atoms with E-state index in [0.717, 1.165) is 21.8 Å². The zero-order valence-electron chi connectivity index (χ0n) is 13.4. The van der Waals surface area contributed by atoms with Crippen LogP contribution in [0.15, 0.2) is 53.9 Å². The first-order chi connectivity index (χ1) is 12.2. The lowest BCUT2D eigenvalue weighted by atomic mass is 10.2. The van der Waals surface area contributed by atoms with Crippen molar-refractivity contribution < 1.29 is 4.39 Å². The Bertz CT molecular complexity index is 907. The summed E-state index contributed by atoms with van der Waals surface area (Å²) in [6, 6.07) is 14.3. The molecule has 0 aliphatic carbocycles. The van der Waals surface area contributed by atoms with E-state index in [4.69, 9.17) is 0 Å². The molecule has 5 nitrogen and oxygen atoms in total. The zero-order chi connectivity index (χ0) is 17.2. The second-order valence-corrected chi connectivity index (χ2v) is 6.52. The van der Waals surface area contributed by atoms with Crippen molar-refractivity contribution in [3.8, 4) is 22.0 Å². The lowest BCUT2D eigenvalue weighted by Crippen LogP contribution is -2.04. The molecular formula is C18H14FN5S. The number of hydrogen-bond acceptors (Lipinski definition) is 5. The van der Waals surface area contributed by atoms with Crippen molar-refractivity contribution in [3.05, 3.63) is 71.0 Å². The van der Waals surface area contributed by atoms with Crippen LogP contribution in [0.25, 0.3) is 22.0 Å². The van der Waals surface area contributed by atoms with E-state index in [1.54, 1.807) is 23.5 Å². The van der Waals surface area contributed by atoms with Gasteiger partial charge in [-0.1, -0.05) is 29.8 Å². The maximum atomic E-state index is 13.0. The molecule has 0 radical (unpaired) electrons. The maximum absolute atomic E-state index is 13.0. The van der Waals surface area contributed by atoms with E-state index in [1.807, 2.05) is 5.38 Å². The fourth-order valence-electron chi connectivity index (χ4n) is 2.38.